The summed E-state index contributed by atoms with van der Waals surface area (Å²) >= 11 is 0. The van der Waals surface area contributed by atoms with Crippen molar-refractivity contribution >= 4 is 27.5 Å². The molecule has 0 unspecified atom stereocenters. The van der Waals surface area contributed by atoms with E-state index < -0.39 is 15.9 Å². The Kier molecular flexibility index (Phi) is 6.02. The van der Waals surface area contributed by atoms with Crippen molar-refractivity contribution in [2.45, 2.75) is 38.5 Å². The summed E-state index contributed by atoms with van der Waals surface area (Å²) in [5, 5.41) is 11.4. The summed E-state index contributed by atoms with van der Waals surface area (Å²) in [4.78, 5) is 12.3. The lowest BCUT2D eigenvalue weighted by atomic mass is 9.76. The predicted octanol–water partition coefficient (Wildman–Crippen LogP) is 3.78. The minimum Gasteiger partial charge on any atom is -0.433 e. The molecule has 1 saturated heterocycles. The third-order valence-electron chi connectivity index (χ3n) is 5.37. The molecule has 9 heteroatoms. The van der Waals surface area contributed by atoms with Crippen molar-refractivity contribution in [1.29, 1.82) is 0 Å². The fraction of sp³-hybridized carbons (Fsp3) is 0.450. The Morgan fingerprint density at radius 2 is 1.72 bits per heavy atom. The average molecular weight is 422 g/mol. The van der Waals surface area contributed by atoms with Crippen molar-refractivity contribution < 1.29 is 22.8 Å². The van der Waals surface area contributed by atoms with Crippen molar-refractivity contribution in [3.8, 4) is 0 Å². The van der Waals surface area contributed by atoms with Crippen LogP contribution in [0.25, 0.3) is 0 Å². The van der Waals surface area contributed by atoms with Crippen molar-refractivity contribution in [3.05, 3.63) is 42.2 Å². The van der Waals surface area contributed by atoms with Crippen LogP contribution in [-0.2, 0) is 10.0 Å². The van der Waals surface area contributed by atoms with Gasteiger partial charge in [-0.3, -0.25) is 10.0 Å². The number of anilines is 2. The van der Waals surface area contributed by atoms with E-state index in [1.165, 1.54) is 28.6 Å². The van der Waals surface area contributed by atoms with Gasteiger partial charge in [-0.05, 0) is 54.5 Å². The highest BCUT2D eigenvalue weighted by molar-refractivity contribution is 7.89. The van der Waals surface area contributed by atoms with Crippen LogP contribution in [0.15, 0.2) is 45.7 Å². The maximum atomic E-state index is 12.9. The van der Waals surface area contributed by atoms with Crippen LogP contribution in [0.4, 0.5) is 11.6 Å². The van der Waals surface area contributed by atoms with Crippen LogP contribution in [0.1, 0.15) is 44.2 Å². The third-order valence-corrected chi connectivity index (χ3v) is 7.28. The molecule has 1 aromatic heterocycles. The summed E-state index contributed by atoms with van der Waals surface area (Å²) in [6.45, 7) is 7.61. The van der Waals surface area contributed by atoms with Crippen LogP contribution >= 0.6 is 0 Å². The number of rotatable bonds is 5. The molecule has 1 aliphatic heterocycles. The standard InChI is InChI=1S/C20H27N3O5S/c1-20(2,3)14-10-12-23(13-11-14)29(26,27)16-6-4-15(5-7-16)21-19(24)17-8-9-18(22-25)28-17/h4-9,14,22,25H,10-13H2,1-3H3,(H,21,24). The van der Waals surface area contributed by atoms with Gasteiger partial charge in [-0.2, -0.15) is 4.31 Å². The molecule has 1 fully saturated rings. The minimum atomic E-state index is -3.56. The first-order valence-corrected chi connectivity index (χ1v) is 11.0. The Morgan fingerprint density at radius 3 is 2.24 bits per heavy atom. The zero-order chi connectivity index (χ0) is 21.2. The molecular formula is C20H27N3O5S. The second kappa shape index (κ2) is 8.17. The quantitative estimate of drug-likeness (QED) is 0.634. The molecule has 1 amide bonds. The number of nitrogens with zero attached hydrogens (tertiary/aromatic N) is 1. The van der Waals surface area contributed by atoms with E-state index in [0.29, 0.717) is 24.7 Å². The molecule has 3 rings (SSSR count). The number of furan rings is 1. The van der Waals surface area contributed by atoms with E-state index in [9.17, 15) is 13.2 Å². The molecule has 158 valence electrons. The summed E-state index contributed by atoms with van der Waals surface area (Å²) in [5.41, 5.74) is 2.43. The van der Waals surface area contributed by atoms with Crippen LogP contribution in [0.5, 0.6) is 0 Å². The summed E-state index contributed by atoms with van der Waals surface area (Å²) < 4.78 is 32.5. The maximum Gasteiger partial charge on any atom is 0.291 e. The average Bonchev–Trinajstić information content (AvgIpc) is 3.17. The predicted molar refractivity (Wildman–Crippen MR) is 109 cm³/mol. The number of benzene rings is 1. The van der Waals surface area contributed by atoms with Crippen LogP contribution in [-0.4, -0.2) is 36.9 Å². The molecule has 29 heavy (non-hydrogen) atoms. The summed E-state index contributed by atoms with van der Waals surface area (Å²) in [6, 6.07) is 8.89. The van der Waals surface area contributed by atoms with Gasteiger partial charge in [-0.15, -0.1) is 0 Å². The first-order valence-electron chi connectivity index (χ1n) is 9.53. The van der Waals surface area contributed by atoms with Crippen molar-refractivity contribution in [1.82, 2.24) is 4.31 Å². The van der Waals surface area contributed by atoms with Crippen LogP contribution in [0.2, 0.25) is 0 Å². The largest absolute Gasteiger partial charge is 0.433 e. The molecule has 3 N–H and O–H groups in total. The third kappa shape index (κ3) is 4.80. The molecule has 1 aromatic carbocycles. The van der Waals surface area contributed by atoms with Crippen LogP contribution in [0, 0.1) is 11.3 Å². The number of carbonyl (C=O) groups is 1. The molecule has 1 aliphatic rings. The molecule has 0 saturated carbocycles. The van der Waals surface area contributed by atoms with E-state index in [0.717, 1.165) is 12.8 Å². The van der Waals surface area contributed by atoms with Gasteiger partial charge in [0.05, 0.1) is 4.90 Å². The molecule has 0 aliphatic carbocycles. The zero-order valence-corrected chi connectivity index (χ0v) is 17.6. The minimum absolute atomic E-state index is 0.0139. The lowest BCUT2D eigenvalue weighted by Crippen LogP contribution is -2.41. The Bertz CT molecular complexity index is 953. The van der Waals surface area contributed by atoms with Gasteiger partial charge in [-0.1, -0.05) is 20.8 Å². The number of hydrogen-bond donors (Lipinski definition) is 3. The number of nitrogens with one attached hydrogen (secondary N) is 2. The van der Waals surface area contributed by atoms with E-state index in [-0.39, 0.29) is 22.0 Å². The van der Waals surface area contributed by atoms with Gasteiger partial charge in [0.15, 0.2) is 5.76 Å². The highest BCUT2D eigenvalue weighted by Crippen LogP contribution is 2.35. The van der Waals surface area contributed by atoms with E-state index in [2.05, 4.69) is 26.1 Å². The Balaban J connectivity index is 1.65. The molecule has 2 heterocycles. The molecule has 0 bridgehead atoms. The van der Waals surface area contributed by atoms with Crippen LogP contribution in [0.3, 0.4) is 0 Å². The molecule has 8 nitrogen and oxygen atoms in total. The zero-order valence-electron chi connectivity index (χ0n) is 16.8. The second-order valence-corrected chi connectivity index (χ2v) is 10.2. The van der Waals surface area contributed by atoms with Gasteiger partial charge in [-0.25, -0.2) is 13.9 Å². The Hall–Kier alpha value is -2.36. The smallest absolute Gasteiger partial charge is 0.291 e. The number of piperidine rings is 1. The number of sulfonamides is 1. The van der Waals surface area contributed by atoms with E-state index in [1.807, 2.05) is 5.48 Å². The Labute approximate surface area is 170 Å². The van der Waals surface area contributed by atoms with Crippen LogP contribution < -0.4 is 10.8 Å². The molecule has 2 aromatic rings. The van der Waals surface area contributed by atoms with Crippen molar-refractivity contribution in [3.63, 3.8) is 0 Å². The van der Waals surface area contributed by atoms with Gasteiger partial charge in [0.25, 0.3) is 5.91 Å². The number of hydrogen-bond acceptors (Lipinski definition) is 6. The topological polar surface area (TPSA) is 112 Å². The number of amides is 1. The van der Waals surface area contributed by atoms with E-state index in [4.69, 9.17) is 9.62 Å². The first-order chi connectivity index (χ1) is 13.6. The van der Waals surface area contributed by atoms with Gasteiger partial charge in [0, 0.05) is 24.8 Å². The highest BCUT2D eigenvalue weighted by atomic mass is 32.2. The van der Waals surface area contributed by atoms with Crippen molar-refractivity contribution in [2.75, 3.05) is 23.9 Å². The van der Waals surface area contributed by atoms with Gasteiger partial charge < -0.3 is 9.73 Å². The normalized spacial score (nSPS) is 16.6. The maximum absolute atomic E-state index is 12.9. The molecule has 0 radical (unpaired) electrons. The SMILES string of the molecule is CC(C)(C)C1CCN(S(=O)(=O)c2ccc(NC(=O)c3ccc(NO)o3)cc2)CC1. The lowest BCUT2D eigenvalue weighted by Gasteiger charge is -2.38. The fourth-order valence-electron chi connectivity index (χ4n) is 3.53. The fourth-order valence-corrected chi connectivity index (χ4v) is 5.00. The van der Waals surface area contributed by atoms with E-state index >= 15 is 0 Å². The van der Waals surface area contributed by atoms with Gasteiger partial charge in [0.1, 0.15) is 0 Å². The second-order valence-electron chi connectivity index (χ2n) is 8.30. The van der Waals surface area contributed by atoms with E-state index in [1.54, 1.807) is 12.1 Å². The molecule has 0 atom stereocenters. The summed E-state index contributed by atoms with van der Waals surface area (Å²) in [6.07, 6.45) is 1.70. The molecular weight excluding hydrogens is 394 g/mol. The Morgan fingerprint density at radius 1 is 1.10 bits per heavy atom. The van der Waals surface area contributed by atoms with Gasteiger partial charge in [0.2, 0.25) is 15.9 Å². The summed E-state index contributed by atoms with van der Waals surface area (Å²) in [5.74, 6) is 0.0628. The van der Waals surface area contributed by atoms with Gasteiger partial charge >= 0.3 is 0 Å². The number of carbonyl (C=O) groups excluding carboxylic acids is 1. The first kappa shape index (κ1) is 21.4. The molecule has 0 spiro atoms. The summed E-state index contributed by atoms with van der Waals surface area (Å²) in [7, 11) is -3.56. The highest BCUT2D eigenvalue weighted by Gasteiger charge is 2.33. The van der Waals surface area contributed by atoms with Crippen molar-refractivity contribution in [2.24, 2.45) is 11.3 Å². The lowest BCUT2D eigenvalue weighted by molar-refractivity contribution is 0.0997. The monoisotopic (exact) mass is 421 g/mol.